The van der Waals surface area contributed by atoms with Crippen LogP contribution in [0, 0.1) is 6.92 Å². The van der Waals surface area contributed by atoms with Gasteiger partial charge in [-0.3, -0.25) is 9.59 Å². The Bertz CT molecular complexity index is 1390. The minimum atomic E-state index is -0.909. The van der Waals surface area contributed by atoms with Gasteiger partial charge in [-0.25, -0.2) is 9.59 Å². The van der Waals surface area contributed by atoms with E-state index in [0.717, 1.165) is 30.4 Å². The van der Waals surface area contributed by atoms with Gasteiger partial charge >= 0.3 is 11.9 Å². The average Bonchev–Trinajstić information content (AvgIpc) is 3.52. The van der Waals surface area contributed by atoms with E-state index >= 15 is 0 Å². The Labute approximate surface area is 259 Å². The fourth-order valence-corrected chi connectivity index (χ4v) is 5.31. The molecule has 1 atom stereocenters. The zero-order valence-electron chi connectivity index (χ0n) is 27.0. The van der Waals surface area contributed by atoms with E-state index in [4.69, 9.17) is 13.9 Å². The predicted molar refractivity (Wildman–Crippen MR) is 166 cm³/mol. The summed E-state index contributed by atoms with van der Waals surface area (Å²) >= 11 is 0. The molecule has 2 amide bonds. The molecule has 0 bridgehead atoms. The van der Waals surface area contributed by atoms with Gasteiger partial charge in [-0.15, -0.1) is 0 Å². The molecule has 2 N–H and O–H groups in total. The summed E-state index contributed by atoms with van der Waals surface area (Å²) in [5.74, 6) is -1.42. The van der Waals surface area contributed by atoms with Crippen LogP contribution in [-0.4, -0.2) is 77.0 Å². The number of nitrogens with zero attached hydrogens (tertiary/aromatic N) is 2. The molecule has 2 aromatic rings. The smallest absolute Gasteiger partial charge is 0.349 e. The van der Waals surface area contributed by atoms with E-state index in [9.17, 15) is 19.2 Å². The normalized spacial score (nSPS) is 17.7. The van der Waals surface area contributed by atoms with Crippen molar-refractivity contribution in [1.82, 2.24) is 15.1 Å². The minimum absolute atomic E-state index is 0.00894. The van der Waals surface area contributed by atoms with Gasteiger partial charge in [-0.05, 0) is 105 Å². The fourth-order valence-electron chi connectivity index (χ4n) is 5.31. The number of furan rings is 1. The second-order valence-electron chi connectivity index (χ2n) is 13.5. The third kappa shape index (κ3) is 8.76. The second kappa shape index (κ2) is 13.3. The number of carbonyl (C=O) groups is 4. The Morgan fingerprint density at radius 1 is 0.909 bits per heavy atom. The molecule has 2 aliphatic rings. The van der Waals surface area contributed by atoms with E-state index in [1.165, 1.54) is 0 Å². The van der Waals surface area contributed by atoms with Crippen LogP contribution in [0.4, 0.5) is 5.69 Å². The van der Waals surface area contributed by atoms with Gasteiger partial charge in [0.05, 0.1) is 6.54 Å². The monoisotopic (exact) mass is 610 g/mol. The molecule has 2 saturated heterocycles. The van der Waals surface area contributed by atoms with Crippen molar-refractivity contribution in [3.05, 3.63) is 41.4 Å². The molecular formula is C33H46N4O7. The molecule has 11 heteroatoms. The Kier molecular flexibility index (Phi) is 9.95. The number of benzene rings is 1. The van der Waals surface area contributed by atoms with Crippen molar-refractivity contribution in [2.75, 3.05) is 31.5 Å². The van der Waals surface area contributed by atoms with Crippen molar-refractivity contribution in [2.45, 2.75) is 97.8 Å². The lowest BCUT2D eigenvalue weighted by Gasteiger charge is -2.29. The number of esters is 2. The summed E-state index contributed by atoms with van der Waals surface area (Å²) < 4.78 is 17.0. The standard InChI is InChI=1S/C33H46N4O7/c1-21-18-22-19-23(13-14-25(22)42-21)34-28(27(30(40)43-32(2,3)4)31(41)44-33(5,6)7)35-24-12-8-9-17-37(29(24)39)20-26(38)36-15-10-11-16-36/h13-14,18-19,24,34-35H,8-12,15-17,20H2,1-7H3/t24-/m0/s1. The number of anilines is 1. The minimum Gasteiger partial charge on any atom is -0.461 e. The van der Waals surface area contributed by atoms with Gasteiger partial charge < -0.3 is 34.3 Å². The highest BCUT2D eigenvalue weighted by Gasteiger charge is 2.36. The number of nitrogens with one attached hydrogen (secondary N) is 2. The molecular weight excluding hydrogens is 564 g/mol. The Morgan fingerprint density at radius 3 is 2.14 bits per heavy atom. The molecule has 3 heterocycles. The number of carbonyl (C=O) groups excluding carboxylic acids is 4. The second-order valence-corrected chi connectivity index (χ2v) is 13.5. The lowest BCUT2D eigenvalue weighted by Crippen LogP contribution is -2.50. The summed E-state index contributed by atoms with van der Waals surface area (Å²) in [4.78, 5) is 57.5. The third-order valence-electron chi connectivity index (χ3n) is 7.25. The van der Waals surface area contributed by atoms with Crippen LogP contribution in [0.1, 0.15) is 79.4 Å². The quantitative estimate of drug-likeness (QED) is 0.190. The number of rotatable bonds is 8. The molecule has 11 nitrogen and oxygen atoms in total. The van der Waals surface area contributed by atoms with E-state index in [1.807, 2.05) is 19.1 Å². The molecule has 240 valence electrons. The molecule has 0 saturated carbocycles. The van der Waals surface area contributed by atoms with Crippen molar-refractivity contribution in [2.24, 2.45) is 0 Å². The van der Waals surface area contributed by atoms with E-state index in [0.29, 0.717) is 43.7 Å². The van der Waals surface area contributed by atoms with E-state index in [2.05, 4.69) is 10.6 Å². The molecule has 4 rings (SSSR count). The molecule has 1 aromatic carbocycles. The number of fused-ring (bicyclic) bond motifs is 1. The molecule has 2 aliphatic heterocycles. The van der Waals surface area contributed by atoms with Crippen LogP contribution < -0.4 is 10.6 Å². The van der Waals surface area contributed by atoms with Crippen molar-refractivity contribution in [3.8, 4) is 0 Å². The highest BCUT2D eigenvalue weighted by Crippen LogP contribution is 2.26. The van der Waals surface area contributed by atoms with Crippen molar-refractivity contribution < 1.29 is 33.1 Å². The van der Waals surface area contributed by atoms with Gasteiger partial charge in [0.2, 0.25) is 11.8 Å². The Balaban J connectivity index is 1.74. The first-order valence-electron chi connectivity index (χ1n) is 15.4. The van der Waals surface area contributed by atoms with Crippen LogP contribution in [-0.2, 0) is 28.7 Å². The molecule has 1 aromatic heterocycles. The lowest BCUT2D eigenvalue weighted by molar-refractivity contribution is -0.158. The molecule has 0 aliphatic carbocycles. The number of hydrogen-bond donors (Lipinski definition) is 2. The summed E-state index contributed by atoms with van der Waals surface area (Å²) in [5, 5.41) is 7.18. The average molecular weight is 611 g/mol. The number of amides is 2. The SMILES string of the molecule is Cc1cc2cc(NC(N[C@H]3CCCCN(CC(=O)N4CCCC4)C3=O)=C(C(=O)OC(C)(C)C)C(=O)OC(C)(C)C)ccc2o1. The third-order valence-corrected chi connectivity index (χ3v) is 7.25. The van der Waals surface area contributed by atoms with Crippen LogP contribution >= 0.6 is 0 Å². The first-order chi connectivity index (χ1) is 20.6. The van der Waals surface area contributed by atoms with Gasteiger partial charge in [0.25, 0.3) is 0 Å². The van der Waals surface area contributed by atoms with Gasteiger partial charge in [0.1, 0.15) is 34.4 Å². The van der Waals surface area contributed by atoms with Gasteiger partial charge in [-0.1, -0.05) is 0 Å². The van der Waals surface area contributed by atoms with Crippen LogP contribution in [0.2, 0.25) is 0 Å². The van der Waals surface area contributed by atoms with Gasteiger partial charge in [-0.2, -0.15) is 0 Å². The summed E-state index contributed by atoms with van der Waals surface area (Å²) in [5.41, 5.74) is -0.980. The van der Waals surface area contributed by atoms with Gasteiger partial charge in [0.15, 0.2) is 5.57 Å². The van der Waals surface area contributed by atoms with Crippen LogP contribution in [0.5, 0.6) is 0 Å². The zero-order chi connectivity index (χ0) is 32.2. The maximum absolute atomic E-state index is 13.9. The first kappa shape index (κ1) is 32.9. The molecule has 0 radical (unpaired) electrons. The number of aryl methyl sites for hydroxylation is 1. The van der Waals surface area contributed by atoms with Crippen LogP contribution in [0.15, 0.2) is 40.1 Å². The van der Waals surface area contributed by atoms with Crippen molar-refractivity contribution in [1.29, 1.82) is 0 Å². The topological polar surface area (TPSA) is 130 Å². The summed E-state index contributed by atoms with van der Waals surface area (Å²) in [7, 11) is 0. The number of likely N-dealkylation sites (tertiary alicyclic amines) is 2. The first-order valence-corrected chi connectivity index (χ1v) is 15.4. The maximum atomic E-state index is 13.9. The van der Waals surface area contributed by atoms with E-state index in [-0.39, 0.29) is 24.2 Å². The zero-order valence-corrected chi connectivity index (χ0v) is 27.0. The fraction of sp³-hybridized carbons (Fsp3) is 0.576. The number of ether oxygens (including phenoxy) is 2. The van der Waals surface area contributed by atoms with E-state index < -0.39 is 34.8 Å². The van der Waals surface area contributed by atoms with Crippen LogP contribution in [0.25, 0.3) is 11.0 Å². The maximum Gasteiger partial charge on any atom is 0.349 e. The number of hydrogen-bond acceptors (Lipinski definition) is 9. The summed E-state index contributed by atoms with van der Waals surface area (Å²) in [6, 6.07) is 6.43. The van der Waals surface area contributed by atoms with E-state index in [1.54, 1.807) is 63.5 Å². The molecule has 2 fully saturated rings. The summed E-state index contributed by atoms with van der Waals surface area (Å²) in [6.07, 6.45) is 3.80. The lowest BCUT2D eigenvalue weighted by atomic mass is 10.1. The van der Waals surface area contributed by atoms with Gasteiger partial charge in [0, 0.05) is 30.7 Å². The molecule has 0 unspecified atom stereocenters. The van der Waals surface area contributed by atoms with Crippen molar-refractivity contribution >= 4 is 40.4 Å². The molecule has 44 heavy (non-hydrogen) atoms. The van der Waals surface area contributed by atoms with Crippen molar-refractivity contribution in [3.63, 3.8) is 0 Å². The Morgan fingerprint density at radius 2 is 1.52 bits per heavy atom. The largest absolute Gasteiger partial charge is 0.461 e. The Hall–Kier alpha value is -4.02. The van der Waals surface area contributed by atoms with Crippen LogP contribution in [0.3, 0.4) is 0 Å². The predicted octanol–water partition coefficient (Wildman–Crippen LogP) is 4.64. The highest BCUT2D eigenvalue weighted by atomic mass is 16.6. The highest BCUT2D eigenvalue weighted by molar-refractivity contribution is 6.15. The summed E-state index contributed by atoms with van der Waals surface area (Å²) in [6.45, 7) is 13.9. The molecule has 0 spiro atoms.